The summed E-state index contributed by atoms with van der Waals surface area (Å²) < 4.78 is 23.0. The standard InChI is InChI=1S/C27H25Cl4N3O5S2/c1-36-16-7-9-18(24(30)22(16)28)38-26(32,20-5-3-11-40-20)13-15(34-35)14-27(33,21-6-4-12-41-21)39-19-10-8-17(37-2)23(29)25(19)31/h3-12,35H,13-14,32-33H2,1-2H3. The van der Waals surface area contributed by atoms with Gasteiger partial charge in [0.1, 0.15) is 43.1 Å². The van der Waals surface area contributed by atoms with Crippen LogP contribution in [0.3, 0.4) is 0 Å². The van der Waals surface area contributed by atoms with Gasteiger partial charge in [-0.3, -0.25) is 11.5 Å². The van der Waals surface area contributed by atoms with Crippen molar-refractivity contribution in [2.45, 2.75) is 24.3 Å². The van der Waals surface area contributed by atoms with Crippen molar-refractivity contribution in [3.8, 4) is 23.0 Å². The molecule has 0 aliphatic carbocycles. The molecule has 0 aliphatic rings. The van der Waals surface area contributed by atoms with Crippen LogP contribution in [0, 0.1) is 0 Å². The third-order valence-corrected chi connectivity index (χ3v) is 9.75. The third kappa shape index (κ3) is 6.81. The summed E-state index contributed by atoms with van der Waals surface area (Å²) in [6.45, 7) is 0. The predicted molar refractivity (Wildman–Crippen MR) is 166 cm³/mol. The highest BCUT2D eigenvalue weighted by molar-refractivity contribution is 7.10. The predicted octanol–water partition coefficient (Wildman–Crippen LogP) is 8.13. The molecule has 2 aromatic carbocycles. The SMILES string of the molecule is COc1ccc(OC(N)(CC(CC(N)(Oc2ccc(OC)c(Cl)c2Cl)c2cccs2)=NO)c2cccs2)c(Cl)c1Cl. The Morgan fingerprint density at radius 2 is 1.07 bits per heavy atom. The van der Waals surface area contributed by atoms with Gasteiger partial charge >= 0.3 is 0 Å². The molecule has 0 bridgehead atoms. The van der Waals surface area contributed by atoms with Gasteiger partial charge in [-0.15, -0.1) is 22.7 Å². The Kier molecular flexibility index (Phi) is 10.2. The minimum Gasteiger partial charge on any atom is -0.495 e. The van der Waals surface area contributed by atoms with Crippen molar-refractivity contribution in [3.63, 3.8) is 0 Å². The number of rotatable bonds is 12. The molecular formula is C27H25Cl4N3O5S2. The maximum atomic E-state index is 10.2. The smallest absolute Gasteiger partial charge is 0.199 e. The first-order valence-electron chi connectivity index (χ1n) is 11.8. The maximum Gasteiger partial charge on any atom is 0.199 e. The van der Waals surface area contributed by atoms with Gasteiger partial charge in [-0.1, -0.05) is 63.7 Å². The summed E-state index contributed by atoms with van der Waals surface area (Å²) in [7, 11) is 2.95. The van der Waals surface area contributed by atoms with E-state index >= 15 is 0 Å². The van der Waals surface area contributed by atoms with Crippen molar-refractivity contribution in [2.75, 3.05) is 14.2 Å². The first-order chi connectivity index (χ1) is 19.5. The average Bonchev–Trinajstić information content (AvgIpc) is 3.70. The molecule has 2 aromatic heterocycles. The van der Waals surface area contributed by atoms with Crippen molar-refractivity contribution >= 4 is 74.8 Å². The molecule has 14 heteroatoms. The van der Waals surface area contributed by atoms with Crippen molar-refractivity contribution in [2.24, 2.45) is 16.6 Å². The van der Waals surface area contributed by atoms with Gasteiger partial charge in [0.25, 0.3) is 0 Å². The Labute approximate surface area is 264 Å². The molecule has 0 amide bonds. The quantitative estimate of drug-likeness (QED) is 0.0599. The van der Waals surface area contributed by atoms with Crippen LogP contribution < -0.4 is 30.4 Å². The normalized spacial score (nSPS) is 14.0. The monoisotopic (exact) mass is 675 g/mol. The number of thiophene rings is 2. The van der Waals surface area contributed by atoms with Crippen molar-refractivity contribution in [1.82, 2.24) is 0 Å². The second-order valence-corrected chi connectivity index (χ2v) is 12.2. The number of benzene rings is 2. The first kappa shape index (κ1) is 31.5. The fourth-order valence-corrected chi connectivity index (χ4v) is 6.42. The van der Waals surface area contributed by atoms with Crippen LogP contribution in [-0.4, -0.2) is 25.1 Å². The fraction of sp³-hybridized carbons (Fsp3) is 0.222. The number of ether oxygens (including phenoxy) is 4. The van der Waals surface area contributed by atoms with Gasteiger partial charge < -0.3 is 24.2 Å². The summed E-state index contributed by atoms with van der Waals surface area (Å²) in [4.78, 5) is 1.26. The molecule has 4 aromatic rings. The van der Waals surface area contributed by atoms with Crippen LogP contribution in [0.2, 0.25) is 20.1 Å². The number of hydrogen-bond acceptors (Lipinski definition) is 10. The summed E-state index contributed by atoms with van der Waals surface area (Å²) in [5.41, 5.74) is 10.8. The largest absolute Gasteiger partial charge is 0.495 e. The van der Waals surface area contributed by atoms with E-state index in [1.54, 1.807) is 36.4 Å². The van der Waals surface area contributed by atoms with Crippen LogP contribution >= 0.6 is 69.1 Å². The zero-order chi connectivity index (χ0) is 29.8. The third-order valence-electron chi connectivity index (χ3n) is 6.00. The second-order valence-electron chi connectivity index (χ2n) is 8.75. The van der Waals surface area contributed by atoms with E-state index in [0.717, 1.165) is 0 Å². The minimum atomic E-state index is -1.53. The number of nitrogens with two attached hydrogens (primary N) is 2. The Morgan fingerprint density at radius 1 is 0.707 bits per heavy atom. The lowest BCUT2D eigenvalue weighted by atomic mass is 9.96. The molecule has 0 radical (unpaired) electrons. The highest BCUT2D eigenvalue weighted by Crippen LogP contribution is 2.44. The molecule has 2 heterocycles. The lowest BCUT2D eigenvalue weighted by molar-refractivity contribution is 0.0703. The first-order valence-corrected chi connectivity index (χ1v) is 15.1. The van der Waals surface area contributed by atoms with Crippen molar-refractivity contribution in [1.29, 1.82) is 0 Å². The van der Waals surface area contributed by atoms with E-state index in [-0.39, 0.29) is 50.1 Å². The zero-order valence-electron chi connectivity index (χ0n) is 21.7. The van der Waals surface area contributed by atoms with E-state index in [9.17, 15) is 5.21 Å². The van der Waals surface area contributed by atoms with Gasteiger partial charge in [0.2, 0.25) is 0 Å². The summed E-state index contributed by atoms with van der Waals surface area (Å²) >= 11 is 28.4. The van der Waals surface area contributed by atoms with E-state index in [0.29, 0.717) is 21.3 Å². The average molecular weight is 677 g/mol. The Bertz CT molecular complexity index is 1410. The van der Waals surface area contributed by atoms with Crippen LogP contribution in [0.15, 0.2) is 64.4 Å². The zero-order valence-corrected chi connectivity index (χ0v) is 26.4. The molecule has 8 nitrogen and oxygen atoms in total. The number of nitrogens with zero attached hydrogens (tertiary/aromatic N) is 1. The molecule has 0 fully saturated rings. The van der Waals surface area contributed by atoms with Gasteiger partial charge in [-0.25, -0.2) is 0 Å². The maximum absolute atomic E-state index is 10.2. The summed E-state index contributed by atoms with van der Waals surface area (Å²) in [5.74, 6) is 1.16. The van der Waals surface area contributed by atoms with Crippen LogP contribution in [0.1, 0.15) is 22.6 Å². The number of hydrogen-bond donors (Lipinski definition) is 3. The van der Waals surface area contributed by atoms with Gasteiger partial charge in [-0.2, -0.15) is 0 Å². The molecular weight excluding hydrogens is 652 g/mol. The fourth-order valence-electron chi connectivity index (χ4n) is 4.02. The number of methoxy groups -OCH3 is 2. The van der Waals surface area contributed by atoms with E-state index in [2.05, 4.69) is 5.16 Å². The molecule has 0 spiro atoms. The second kappa shape index (κ2) is 13.3. The van der Waals surface area contributed by atoms with Crippen molar-refractivity contribution < 1.29 is 24.2 Å². The number of oxime groups is 1. The van der Waals surface area contributed by atoms with E-state index < -0.39 is 11.4 Å². The molecule has 2 unspecified atom stereocenters. The van der Waals surface area contributed by atoms with E-state index in [1.165, 1.54) is 36.9 Å². The molecule has 4 rings (SSSR count). The highest BCUT2D eigenvalue weighted by atomic mass is 35.5. The topological polar surface area (TPSA) is 122 Å². The van der Waals surface area contributed by atoms with Crippen molar-refractivity contribution in [3.05, 3.63) is 89.1 Å². The molecule has 218 valence electrons. The van der Waals surface area contributed by atoms with Gasteiger partial charge in [0.15, 0.2) is 11.4 Å². The Balaban J connectivity index is 1.69. The lowest BCUT2D eigenvalue weighted by Crippen LogP contribution is -2.48. The molecule has 5 N–H and O–H groups in total. The summed E-state index contributed by atoms with van der Waals surface area (Å²) in [6, 6.07) is 13.6. The molecule has 0 saturated carbocycles. The van der Waals surface area contributed by atoms with Crippen LogP contribution in [-0.2, 0) is 11.4 Å². The van der Waals surface area contributed by atoms with E-state index in [1.807, 2.05) is 22.9 Å². The van der Waals surface area contributed by atoms with Gasteiger partial charge in [-0.05, 0) is 47.2 Å². The van der Waals surface area contributed by atoms with Gasteiger partial charge in [0, 0.05) is 12.8 Å². The lowest BCUT2D eigenvalue weighted by Gasteiger charge is -2.34. The molecule has 2 atom stereocenters. The summed E-state index contributed by atoms with van der Waals surface area (Å²) in [6.07, 6.45) is -0.205. The summed E-state index contributed by atoms with van der Waals surface area (Å²) in [5, 5.41) is 17.9. The Hall–Kier alpha value is -2.41. The molecule has 0 saturated heterocycles. The van der Waals surface area contributed by atoms with E-state index in [4.69, 9.17) is 76.8 Å². The van der Waals surface area contributed by atoms with Crippen LogP contribution in [0.4, 0.5) is 0 Å². The van der Waals surface area contributed by atoms with Crippen LogP contribution in [0.25, 0.3) is 0 Å². The number of halogens is 4. The molecule has 0 aliphatic heterocycles. The molecule has 41 heavy (non-hydrogen) atoms. The van der Waals surface area contributed by atoms with Crippen LogP contribution in [0.5, 0.6) is 23.0 Å². The Morgan fingerprint density at radius 3 is 1.39 bits per heavy atom. The minimum absolute atomic E-state index is 0.102. The highest BCUT2D eigenvalue weighted by Gasteiger charge is 2.40. The van der Waals surface area contributed by atoms with Gasteiger partial charge in [0.05, 0.1) is 29.7 Å².